The highest BCUT2D eigenvalue weighted by Crippen LogP contribution is 2.15. The van der Waals surface area contributed by atoms with Gasteiger partial charge in [-0.3, -0.25) is 0 Å². The highest BCUT2D eigenvalue weighted by Gasteiger charge is 2.05. The van der Waals surface area contributed by atoms with E-state index < -0.39 is 0 Å². The molecule has 2 rings (SSSR count). The van der Waals surface area contributed by atoms with Gasteiger partial charge in [-0.2, -0.15) is 0 Å². The molecule has 0 aliphatic carbocycles. The van der Waals surface area contributed by atoms with Crippen molar-refractivity contribution in [3.05, 3.63) is 47.7 Å². The van der Waals surface area contributed by atoms with Gasteiger partial charge in [0, 0.05) is 6.42 Å². The maximum Gasteiger partial charge on any atom is 0.198 e. The summed E-state index contributed by atoms with van der Waals surface area (Å²) in [5.41, 5.74) is 2.20. The number of nitrogens with zero attached hydrogens (tertiary/aromatic N) is 1. The van der Waals surface area contributed by atoms with Gasteiger partial charge in [0.2, 0.25) is 0 Å². The largest absolute Gasteiger partial charge is 0.497 e. The van der Waals surface area contributed by atoms with Crippen molar-refractivity contribution in [1.82, 2.24) is 10.3 Å². The number of nitrogens with one attached hydrogen (secondary N) is 1. The molecule has 2 aromatic rings. The third-order valence-corrected chi connectivity index (χ3v) is 2.97. The van der Waals surface area contributed by atoms with Crippen LogP contribution < -0.4 is 10.1 Å². The van der Waals surface area contributed by atoms with Crippen molar-refractivity contribution < 1.29 is 9.15 Å². The Morgan fingerprint density at radius 2 is 2.05 bits per heavy atom. The topological polar surface area (TPSA) is 47.3 Å². The maximum atomic E-state index is 5.49. The molecule has 0 fully saturated rings. The second kappa shape index (κ2) is 6.95. The average molecular weight is 260 g/mol. The quantitative estimate of drug-likeness (QED) is 0.777. The Bertz CT molecular complexity index is 491. The first-order valence-corrected chi connectivity index (χ1v) is 6.52. The molecule has 1 heterocycles. The number of methoxy groups -OCH3 is 1. The summed E-state index contributed by atoms with van der Waals surface area (Å²) in [5, 5.41) is 3.13. The highest BCUT2D eigenvalue weighted by atomic mass is 16.5. The number of ether oxygens (including phenoxy) is 1. The van der Waals surface area contributed by atoms with Gasteiger partial charge in [-0.25, -0.2) is 4.98 Å². The van der Waals surface area contributed by atoms with E-state index in [9.17, 15) is 0 Å². The lowest BCUT2D eigenvalue weighted by atomic mass is 10.1. The number of hydrogen-bond donors (Lipinski definition) is 1. The van der Waals surface area contributed by atoms with Crippen LogP contribution in [0.2, 0.25) is 0 Å². The van der Waals surface area contributed by atoms with Crippen molar-refractivity contribution >= 4 is 0 Å². The Hall–Kier alpha value is -1.81. The van der Waals surface area contributed by atoms with Gasteiger partial charge >= 0.3 is 0 Å². The van der Waals surface area contributed by atoms with Crippen LogP contribution in [0.1, 0.15) is 23.6 Å². The van der Waals surface area contributed by atoms with Crippen molar-refractivity contribution in [3.8, 4) is 5.75 Å². The summed E-state index contributed by atoms with van der Waals surface area (Å²) < 4.78 is 10.6. The van der Waals surface area contributed by atoms with Crippen LogP contribution in [0, 0.1) is 0 Å². The Morgan fingerprint density at radius 1 is 1.26 bits per heavy atom. The van der Waals surface area contributed by atoms with Crippen LogP contribution in [-0.2, 0) is 12.8 Å². The number of aryl methyl sites for hydroxylation is 1. The molecule has 1 N–H and O–H groups in total. The minimum absolute atomic E-state index is 0.718. The highest BCUT2D eigenvalue weighted by molar-refractivity contribution is 5.28. The number of aromatic nitrogens is 1. The van der Waals surface area contributed by atoms with E-state index in [0.29, 0.717) is 0 Å². The fraction of sp³-hybridized carbons (Fsp3) is 0.400. The first-order valence-electron chi connectivity index (χ1n) is 6.52. The number of oxazole rings is 1. The van der Waals surface area contributed by atoms with Crippen LogP contribution in [0.3, 0.4) is 0 Å². The van der Waals surface area contributed by atoms with Crippen LogP contribution in [0.5, 0.6) is 5.75 Å². The van der Waals surface area contributed by atoms with Gasteiger partial charge < -0.3 is 14.5 Å². The fourth-order valence-electron chi connectivity index (χ4n) is 1.91. The van der Waals surface area contributed by atoms with Crippen LogP contribution in [0.15, 0.2) is 34.9 Å². The second-order valence-electron chi connectivity index (χ2n) is 4.46. The van der Waals surface area contributed by atoms with Gasteiger partial charge in [0.1, 0.15) is 12.0 Å². The van der Waals surface area contributed by atoms with Crippen molar-refractivity contribution in [3.63, 3.8) is 0 Å². The van der Waals surface area contributed by atoms with Crippen molar-refractivity contribution in [2.24, 2.45) is 0 Å². The van der Waals surface area contributed by atoms with Gasteiger partial charge in [-0.15, -0.1) is 0 Å². The van der Waals surface area contributed by atoms with Crippen LogP contribution >= 0.6 is 0 Å². The molecule has 0 spiro atoms. The van der Waals surface area contributed by atoms with E-state index in [1.54, 1.807) is 13.4 Å². The summed E-state index contributed by atoms with van der Waals surface area (Å²) in [7, 11) is 3.62. The summed E-state index contributed by atoms with van der Waals surface area (Å²) in [5.74, 6) is 1.63. The predicted molar refractivity (Wildman–Crippen MR) is 74.6 cm³/mol. The summed E-state index contributed by atoms with van der Waals surface area (Å²) in [4.78, 5) is 4.49. The van der Waals surface area contributed by atoms with Crippen molar-refractivity contribution in [2.75, 3.05) is 20.7 Å². The lowest BCUT2D eigenvalue weighted by Gasteiger charge is -2.00. The zero-order chi connectivity index (χ0) is 13.5. The van der Waals surface area contributed by atoms with Gasteiger partial charge in [0.25, 0.3) is 0 Å². The number of rotatable bonds is 7. The molecule has 0 unspecified atom stereocenters. The summed E-state index contributed by atoms with van der Waals surface area (Å²) in [6.45, 7) is 1.00. The zero-order valence-corrected chi connectivity index (χ0v) is 11.5. The van der Waals surface area contributed by atoms with Gasteiger partial charge in [0.15, 0.2) is 5.89 Å². The molecule has 19 heavy (non-hydrogen) atoms. The van der Waals surface area contributed by atoms with E-state index in [-0.39, 0.29) is 0 Å². The summed E-state index contributed by atoms with van der Waals surface area (Å²) >= 11 is 0. The summed E-state index contributed by atoms with van der Waals surface area (Å²) in [6, 6.07) is 7.96. The Morgan fingerprint density at radius 3 is 2.74 bits per heavy atom. The molecule has 0 bridgehead atoms. The Balaban J connectivity index is 1.91. The zero-order valence-electron chi connectivity index (χ0n) is 11.5. The molecule has 0 amide bonds. The molecular formula is C15H20N2O2. The van der Waals surface area contributed by atoms with E-state index >= 15 is 0 Å². The molecule has 0 atom stereocenters. The minimum atomic E-state index is 0.718. The van der Waals surface area contributed by atoms with E-state index in [2.05, 4.69) is 10.3 Å². The third kappa shape index (κ3) is 4.10. The molecule has 102 valence electrons. The first-order chi connectivity index (χ1) is 9.31. The minimum Gasteiger partial charge on any atom is -0.497 e. The molecule has 1 aromatic carbocycles. The fourth-order valence-corrected chi connectivity index (χ4v) is 1.91. The monoisotopic (exact) mass is 260 g/mol. The van der Waals surface area contributed by atoms with Gasteiger partial charge in [-0.1, -0.05) is 12.1 Å². The van der Waals surface area contributed by atoms with Gasteiger partial charge in [-0.05, 0) is 44.1 Å². The maximum absolute atomic E-state index is 5.49. The average Bonchev–Trinajstić information content (AvgIpc) is 2.88. The van der Waals surface area contributed by atoms with Crippen molar-refractivity contribution in [1.29, 1.82) is 0 Å². The molecule has 0 aliphatic rings. The van der Waals surface area contributed by atoms with E-state index in [1.807, 2.05) is 31.3 Å². The van der Waals surface area contributed by atoms with Gasteiger partial charge in [0.05, 0.1) is 12.8 Å². The van der Waals surface area contributed by atoms with Crippen LogP contribution in [-0.4, -0.2) is 25.7 Å². The predicted octanol–water partition coefficient (Wildman–Crippen LogP) is 2.43. The van der Waals surface area contributed by atoms with E-state index in [4.69, 9.17) is 9.15 Å². The molecular weight excluding hydrogens is 240 g/mol. The lowest BCUT2D eigenvalue weighted by molar-refractivity contribution is 0.414. The smallest absolute Gasteiger partial charge is 0.198 e. The molecule has 4 nitrogen and oxygen atoms in total. The summed E-state index contributed by atoms with van der Waals surface area (Å²) in [6.07, 6.45) is 4.50. The van der Waals surface area contributed by atoms with Crippen LogP contribution in [0.25, 0.3) is 0 Å². The molecule has 4 heteroatoms. The van der Waals surface area contributed by atoms with Crippen molar-refractivity contribution in [2.45, 2.75) is 19.3 Å². The third-order valence-electron chi connectivity index (χ3n) is 2.97. The molecule has 0 saturated carbocycles. The first kappa shape index (κ1) is 13.6. The normalized spacial score (nSPS) is 10.6. The molecule has 0 aliphatic heterocycles. The SMILES string of the molecule is CNCCCc1coc(Cc2ccc(OC)cc2)n1. The molecule has 0 saturated heterocycles. The van der Waals surface area contributed by atoms with Crippen LogP contribution in [0.4, 0.5) is 0 Å². The van der Waals surface area contributed by atoms with E-state index in [1.165, 1.54) is 5.56 Å². The number of hydrogen-bond acceptors (Lipinski definition) is 4. The standard InChI is InChI=1S/C15H20N2O2/c1-16-9-3-4-13-11-19-15(17-13)10-12-5-7-14(18-2)8-6-12/h5-8,11,16H,3-4,9-10H2,1-2H3. The second-order valence-corrected chi connectivity index (χ2v) is 4.46. The van der Waals surface area contributed by atoms with E-state index in [0.717, 1.165) is 43.1 Å². The molecule has 0 radical (unpaired) electrons. The Kier molecular flexibility index (Phi) is 4.98. The lowest BCUT2D eigenvalue weighted by Crippen LogP contribution is -2.08. The molecule has 1 aromatic heterocycles. The number of benzene rings is 1. The Labute approximate surface area is 113 Å².